The molecule has 138 valence electrons. The van der Waals surface area contributed by atoms with Gasteiger partial charge in [0.15, 0.2) is 0 Å². The average Bonchev–Trinajstić information content (AvgIpc) is 2.67. The van der Waals surface area contributed by atoms with Gasteiger partial charge in [-0.2, -0.15) is 13.2 Å². The fourth-order valence-corrected chi connectivity index (χ4v) is 2.25. The molecular formula is C18H14F3N5O. The van der Waals surface area contributed by atoms with Crippen LogP contribution in [0.4, 0.5) is 24.8 Å². The van der Waals surface area contributed by atoms with E-state index in [0.717, 1.165) is 6.07 Å². The van der Waals surface area contributed by atoms with Gasteiger partial charge in [0.1, 0.15) is 0 Å². The molecule has 27 heavy (non-hydrogen) atoms. The van der Waals surface area contributed by atoms with Crippen molar-refractivity contribution in [2.24, 2.45) is 0 Å². The molecule has 0 atom stereocenters. The first-order valence-corrected chi connectivity index (χ1v) is 7.87. The summed E-state index contributed by atoms with van der Waals surface area (Å²) in [5.41, 5.74) is -0.127. The number of aromatic nitrogens is 3. The molecule has 0 bridgehead atoms. The molecule has 0 spiro atoms. The van der Waals surface area contributed by atoms with Crippen molar-refractivity contribution in [1.82, 2.24) is 20.3 Å². The lowest BCUT2D eigenvalue weighted by molar-refractivity contribution is -0.136. The molecule has 0 radical (unpaired) electrons. The highest BCUT2D eigenvalue weighted by atomic mass is 19.4. The van der Waals surface area contributed by atoms with Gasteiger partial charge in [-0.25, -0.2) is 9.97 Å². The van der Waals surface area contributed by atoms with Crippen LogP contribution in [0.5, 0.6) is 0 Å². The van der Waals surface area contributed by atoms with E-state index in [1.54, 1.807) is 24.4 Å². The summed E-state index contributed by atoms with van der Waals surface area (Å²) in [5, 5.41) is 5.18. The standard InChI is InChI=1S/C18H14F3N5O/c19-18(20,21)14-6-1-2-7-15(14)26-17-24-9-12(10-25-17)16(27)23-11-13-5-3-4-8-22-13/h1-10H,11H2,(H,23,27)(H,24,25,26). The fraction of sp³-hybridized carbons (Fsp3) is 0.111. The Morgan fingerprint density at radius 2 is 1.67 bits per heavy atom. The van der Waals surface area contributed by atoms with E-state index in [0.29, 0.717) is 5.69 Å². The number of carbonyl (C=O) groups is 1. The van der Waals surface area contributed by atoms with Crippen molar-refractivity contribution in [3.63, 3.8) is 0 Å². The Labute approximate surface area is 152 Å². The molecule has 2 aromatic heterocycles. The Morgan fingerprint density at radius 1 is 0.963 bits per heavy atom. The Morgan fingerprint density at radius 3 is 2.33 bits per heavy atom. The van der Waals surface area contributed by atoms with Gasteiger partial charge in [0.2, 0.25) is 5.95 Å². The highest BCUT2D eigenvalue weighted by Gasteiger charge is 2.33. The number of hydrogen-bond donors (Lipinski definition) is 2. The lowest BCUT2D eigenvalue weighted by atomic mass is 10.1. The van der Waals surface area contributed by atoms with Gasteiger partial charge in [-0.15, -0.1) is 0 Å². The number of para-hydroxylation sites is 1. The SMILES string of the molecule is O=C(NCc1ccccn1)c1cnc(Nc2ccccc2C(F)(F)F)nc1. The maximum absolute atomic E-state index is 13.0. The van der Waals surface area contributed by atoms with Crippen molar-refractivity contribution in [3.8, 4) is 0 Å². The first-order chi connectivity index (χ1) is 12.9. The number of benzene rings is 1. The maximum atomic E-state index is 13.0. The van der Waals surface area contributed by atoms with Gasteiger partial charge >= 0.3 is 6.18 Å². The number of rotatable bonds is 5. The van der Waals surface area contributed by atoms with Gasteiger partial charge in [-0.3, -0.25) is 9.78 Å². The van der Waals surface area contributed by atoms with E-state index in [9.17, 15) is 18.0 Å². The van der Waals surface area contributed by atoms with Crippen LogP contribution in [0.1, 0.15) is 21.6 Å². The van der Waals surface area contributed by atoms with Crippen LogP contribution in [-0.4, -0.2) is 20.9 Å². The van der Waals surface area contributed by atoms with Gasteiger partial charge < -0.3 is 10.6 Å². The molecule has 0 saturated heterocycles. The lowest BCUT2D eigenvalue weighted by Crippen LogP contribution is -2.23. The molecule has 1 amide bonds. The third-order valence-corrected chi connectivity index (χ3v) is 3.55. The minimum Gasteiger partial charge on any atom is -0.346 e. The van der Waals surface area contributed by atoms with Gasteiger partial charge in [-0.1, -0.05) is 18.2 Å². The molecule has 0 saturated carbocycles. The normalized spacial score (nSPS) is 11.1. The number of anilines is 2. The highest BCUT2D eigenvalue weighted by molar-refractivity contribution is 5.93. The first kappa shape index (κ1) is 18.3. The van der Waals surface area contributed by atoms with Crippen molar-refractivity contribution < 1.29 is 18.0 Å². The molecule has 2 N–H and O–H groups in total. The number of carbonyl (C=O) groups excluding carboxylic acids is 1. The van der Waals surface area contributed by atoms with E-state index in [4.69, 9.17) is 0 Å². The molecule has 1 aromatic carbocycles. The number of nitrogens with one attached hydrogen (secondary N) is 2. The van der Waals surface area contributed by atoms with Crippen LogP contribution in [0.25, 0.3) is 0 Å². The number of amides is 1. The van der Waals surface area contributed by atoms with Crippen LogP contribution in [0.15, 0.2) is 61.1 Å². The summed E-state index contributed by atoms with van der Waals surface area (Å²) in [6.07, 6.45) is -0.419. The van der Waals surface area contributed by atoms with E-state index < -0.39 is 17.6 Å². The predicted molar refractivity (Wildman–Crippen MR) is 92.2 cm³/mol. The number of alkyl halides is 3. The number of hydrogen-bond acceptors (Lipinski definition) is 5. The summed E-state index contributed by atoms with van der Waals surface area (Å²) in [7, 11) is 0. The second-order valence-electron chi connectivity index (χ2n) is 5.47. The molecule has 0 aliphatic heterocycles. The minimum absolute atomic E-state index is 0.0482. The van der Waals surface area contributed by atoms with Crippen molar-refractivity contribution in [3.05, 3.63) is 77.9 Å². The van der Waals surface area contributed by atoms with Crippen LogP contribution in [0.2, 0.25) is 0 Å². The molecule has 0 aliphatic rings. The molecule has 3 aromatic rings. The smallest absolute Gasteiger partial charge is 0.346 e. The van der Waals surface area contributed by atoms with E-state index in [2.05, 4.69) is 25.6 Å². The molecular weight excluding hydrogens is 359 g/mol. The zero-order valence-corrected chi connectivity index (χ0v) is 13.9. The van der Waals surface area contributed by atoms with Crippen LogP contribution in [0.3, 0.4) is 0 Å². The summed E-state index contributed by atoms with van der Waals surface area (Å²) < 4.78 is 39.0. The van der Waals surface area contributed by atoms with Gasteiger partial charge in [0.05, 0.1) is 29.1 Å². The topological polar surface area (TPSA) is 79.8 Å². The van der Waals surface area contributed by atoms with Crippen molar-refractivity contribution in [2.75, 3.05) is 5.32 Å². The van der Waals surface area contributed by atoms with Gasteiger partial charge in [0.25, 0.3) is 5.91 Å². The Hall–Kier alpha value is -3.49. The molecule has 9 heteroatoms. The van der Waals surface area contributed by atoms with Crippen molar-refractivity contribution >= 4 is 17.5 Å². The Bertz CT molecular complexity index is 914. The van der Waals surface area contributed by atoms with Crippen LogP contribution in [-0.2, 0) is 12.7 Å². The third kappa shape index (κ3) is 4.78. The van der Waals surface area contributed by atoms with Gasteiger partial charge in [0, 0.05) is 18.6 Å². The van der Waals surface area contributed by atoms with Gasteiger partial charge in [-0.05, 0) is 24.3 Å². The summed E-state index contributed by atoms with van der Waals surface area (Å²) >= 11 is 0. The zero-order valence-electron chi connectivity index (χ0n) is 13.9. The molecule has 0 aliphatic carbocycles. The Kier molecular flexibility index (Phi) is 5.30. The van der Waals surface area contributed by atoms with E-state index >= 15 is 0 Å². The molecule has 3 rings (SSSR count). The largest absolute Gasteiger partial charge is 0.418 e. The fourth-order valence-electron chi connectivity index (χ4n) is 2.25. The average molecular weight is 373 g/mol. The number of pyridine rings is 1. The van der Waals surface area contributed by atoms with Crippen LogP contribution < -0.4 is 10.6 Å². The van der Waals surface area contributed by atoms with Crippen molar-refractivity contribution in [2.45, 2.75) is 12.7 Å². The quantitative estimate of drug-likeness (QED) is 0.715. The monoisotopic (exact) mass is 373 g/mol. The van der Waals surface area contributed by atoms with Crippen molar-refractivity contribution in [1.29, 1.82) is 0 Å². The zero-order chi connectivity index (χ0) is 19.3. The molecule has 0 unspecified atom stereocenters. The van der Waals surface area contributed by atoms with E-state index in [1.807, 2.05) is 0 Å². The van der Waals surface area contributed by atoms with Crippen LogP contribution in [0, 0.1) is 0 Å². The Balaban J connectivity index is 1.66. The summed E-state index contributed by atoms with van der Waals surface area (Å²) in [6.45, 7) is 0.235. The highest BCUT2D eigenvalue weighted by Crippen LogP contribution is 2.35. The first-order valence-electron chi connectivity index (χ1n) is 7.87. The van der Waals surface area contributed by atoms with Crippen LogP contribution >= 0.6 is 0 Å². The molecule has 0 fully saturated rings. The molecule has 2 heterocycles. The van der Waals surface area contributed by atoms with E-state index in [1.165, 1.54) is 30.6 Å². The number of nitrogens with zero attached hydrogens (tertiary/aromatic N) is 3. The second-order valence-corrected chi connectivity index (χ2v) is 5.47. The minimum atomic E-state index is -4.51. The molecule has 6 nitrogen and oxygen atoms in total. The maximum Gasteiger partial charge on any atom is 0.418 e. The van der Waals surface area contributed by atoms with E-state index in [-0.39, 0.29) is 23.7 Å². The summed E-state index contributed by atoms with van der Waals surface area (Å²) in [5.74, 6) is -0.462. The summed E-state index contributed by atoms with van der Waals surface area (Å²) in [4.78, 5) is 24.0. The third-order valence-electron chi connectivity index (χ3n) is 3.55. The predicted octanol–water partition coefficient (Wildman–Crippen LogP) is 3.56. The lowest BCUT2D eigenvalue weighted by Gasteiger charge is -2.13. The second kappa shape index (κ2) is 7.81. The number of halogens is 3. The summed E-state index contributed by atoms with van der Waals surface area (Å²) in [6, 6.07) is 10.3.